The van der Waals surface area contributed by atoms with E-state index < -0.39 is 30.1 Å². The van der Waals surface area contributed by atoms with E-state index in [0.29, 0.717) is 4.90 Å². The molecule has 2 rings (SSSR count). The third-order valence-corrected chi connectivity index (χ3v) is 3.30. The summed E-state index contributed by atoms with van der Waals surface area (Å²) in [5.74, 6) is -7.28. The molecule has 1 saturated heterocycles. The molecule has 1 N–H and O–H groups in total. The molecule has 1 atom stereocenters. The number of piperazine rings is 1. The molecule has 1 aliphatic heterocycles. The van der Waals surface area contributed by atoms with Crippen LogP contribution in [0.3, 0.4) is 0 Å². The summed E-state index contributed by atoms with van der Waals surface area (Å²) in [6.45, 7) is 0.147. The highest BCUT2D eigenvalue weighted by molar-refractivity contribution is 5.85. The molecule has 1 amide bonds. The number of carbonyl (C=O) groups is 1. The van der Waals surface area contributed by atoms with Crippen LogP contribution in [0.2, 0.25) is 0 Å². The van der Waals surface area contributed by atoms with Crippen LogP contribution in [0, 0.1) is 5.82 Å². The summed E-state index contributed by atoms with van der Waals surface area (Å²) in [6, 6.07) is 4.18. The van der Waals surface area contributed by atoms with Gasteiger partial charge < -0.3 is 10.2 Å². The molecule has 0 saturated carbocycles. The minimum atomic E-state index is -4.75. The molecule has 1 heterocycles. The molecule has 1 fully saturated rings. The Morgan fingerprint density at radius 1 is 1.36 bits per heavy atom. The molecule has 0 aromatic heterocycles. The van der Waals surface area contributed by atoms with Crippen molar-refractivity contribution >= 4 is 18.3 Å². The lowest BCUT2D eigenvalue weighted by atomic mass is 10.0. The number of alkyl halides is 4. The molecule has 1 aliphatic rings. The molecular formula is C13H14ClF5N2O. The number of rotatable bonds is 3. The summed E-state index contributed by atoms with van der Waals surface area (Å²) >= 11 is 0. The smallest absolute Gasteiger partial charge is 0.328 e. The minimum Gasteiger partial charge on any atom is -0.328 e. The van der Waals surface area contributed by atoms with Gasteiger partial charge in [0.2, 0.25) is 0 Å². The molecule has 0 bridgehead atoms. The summed E-state index contributed by atoms with van der Waals surface area (Å²) in [7, 11) is 0. The van der Waals surface area contributed by atoms with Crippen molar-refractivity contribution in [2.75, 3.05) is 19.6 Å². The van der Waals surface area contributed by atoms with E-state index >= 15 is 0 Å². The fourth-order valence-corrected chi connectivity index (χ4v) is 2.24. The average Bonchev–Trinajstić information content (AvgIpc) is 2.46. The van der Waals surface area contributed by atoms with Gasteiger partial charge in [-0.3, -0.25) is 4.79 Å². The second-order valence-electron chi connectivity index (χ2n) is 4.70. The van der Waals surface area contributed by atoms with E-state index in [0.717, 1.165) is 6.07 Å². The number of carbonyl (C=O) groups excluding carboxylic acids is 1. The fourth-order valence-electron chi connectivity index (χ4n) is 2.24. The quantitative estimate of drug-likeness (QED) is 0.855. The highest BCUT2D eigenvalue weighted by atomic mass is 35.5. The molecule has 1 aromatic carbocycles. The molecule has 9 heteroatoms. The van der Waals surface area contributed by atoms with Gasteiger partial charge in [0.05, 0.1) is 6.04 Å². The summed E-state index contributed by atoms with van der Waals surface area (Å²) in [4.78, 5) is 12.4. The van der Waals surface area contributed by atoms with Gasteiger partial charge >= 0.3 is 12.3 Å². The van der Waals surface area contributed by atoms with Crippen molar-refractivity contribution in [1.29, 1.82) is 0 Å². The van der Waals surface area contributed by atoms with Gasteiger partial charge in [0.1, 0.15) is 5.82 Å². The number of nitrogens with one attached hydrogen (secondary N) is 1. The van der Waals surface area contributed by atoms with Crippen LogP contribution < -0.4 is 5.32 Å². The number of hydrogen-bond acceptors (Lipinski definition) is 2. The van der Waals surface area contributed by atoms with Gasteiger partial charge in [-0.2, -0.15) is 8.78 Å². The Morgan fingerprint density at radius 2 is 2.05 bits per heavy atom. The maximum absolute atomic E-state index is 13.3. The van der Waals surface area contributed by atoms with E-state index in [1.807, 2.05) is 0 Å². The minimum absolute atomic E-state index is 0. The summed E-state index contributed by atoms with van der Waals surface area (Å²) in [6.07, 6.45) is -4.08. The molecule has 3 nitrogen and oxygen atoms in total. The van der Waals surface area contributed by atoms with E-state index in [1.165, 1.54) is 18.2 Å². The lowest BCUT2D eigenvalue weighted by Gasteiger charge is -2.38. The zero-order valence-electron chi connectivity index (χ0n) is 11.2. The first-order chi connectivity index (χ1) is 9.84. The second-order valence-corrected chi connectivity index (χ2v) is 4.70. The zero-order chi connectivity index (χ0) is 15.6. The SMILES string of the molecule is Cl.O=C(N1CCNCC1c1cccc(F)c1)C(F)(F)C(F)F. The van der Waals surface area contributed by atoms with E-state index in [1.54, 1.807) is 0 Å². The van der Waals surface area contributed by atoms with Crippen molar-refractivity contribution in [1.82, 2.24) is 10.2 Å². The van der Waals surface area contributed by atoms with Crippen LogP contribution in [0.15, 0.2) is 24.3 Å². The highest BCUT2D eigenvalue weighted by Gasteiger charge is 2.52. The molecule has 0 aliphatic carbocycles. The van der Waals surface area contributed by atoms with Crippen LogP contribution in [0.25, 0.3) is 0 Å². The maximum Gasteiger partial charge on any atom is 0.383 e. The van der Waals surface area contributed by atoms with E-state index in [2.05, 4.69) is 5.32 Å². The maximum atomic E-state index is 13.3. The van der Waals surface area contributed by atoms with Gasteiger partial charge in [0, 0.05) is 19.6 Å². The van der Waals surface area contributed by atoms with Crippen molar-refractivity contribution in [3.8, 4) is 0 Å². The number of halogens is 6. The van der Waals surface area contributed by atoms with Crippen molar-refractivity contribution in [3.05, 3.63) is 35.6 Å². The van der Waals surface area contributed by atoms with Crippen LogP contribution in [0.1, 0.15) is 11.6 Å². The van der Waals surface area contributed by atoms with E-state index in [9.17, 15) is 26.7 Å². The first-order valence-corrected chi connectivity index (χ1v) is 6.27. The van der Waals surface area contributed by atoms with E-state index in [4.69, 9.17) is 0 Å². The van der Waals surface area contributed by atoms with Crippen LogP contribution in [0.4, 0.5) is 22.0 Å². The van der Waals surface area contributed by atoms with E-state index in [-0.39, 0.29) is 37.6 Å². The standard InChI is InChI=1S/C13H13F5N2O.ClH/c14-9-3-1-2-8(6-9)10-7-19-4-5-20(10)12(21)13(17,18)11(15)16;/h1-3,6,10-11,19H,4-5,7H2;1H. The second kappa shape index (κ2) is 7.23. The van der Waals surface area contributed by atoms with Gasteiger partial charge in [0.15, 0.2) is 0 Å². The summed E-state index contributed by atoms with van der Waals surface area (Å²) in [5, 5.41) is 2.87. The Morgan fingerprint density at radius 3 is 2.64 bits per heavy atom. The molecule has 22 heavy (non-hydrogen) atoms. The third-order valence-electron chi connectivity index (χ3n) is 3.30. The Balaban J connectivity index is 0.00000242. The number of hydrogen-bond donors (Lipinski definition) is 1. The van der Waals surface area contributed by atoms with Crippen molar-refractivity contribution in [2.45, 2.75) is 18.4 Å². The number of benzene rings is 1. The summed E-state index contributed by atoms with van der Waals surface area (Å²) in [5.41, 5.74) is 0.278. The molecule has 0 radical (unpaired) electrons. The lowest BCUT2D eigenvalue weighted by Crippen LogP contribution is -2.55. The van der Waals surface area contributed by atoms with Crippen LogP contribution in [-0.2, 0) is 4.79 Å². The largest absolute Gasteiger partial charge is 0.383 e. The Bertz CT molecular complexity index is 529. The normalized spacial score (nSPS) is 19.0. The first kappa shape index (κ1) is 18.6. The monoisotopic (exact) mass is 344 g/mol. The predicted molar refractivity (Wildman–Crippen MR) is 71.9 cm³/mol. The average molecular weight is 345 g/mol. The predicted octanol–water partition coefficient (Wildman–Crippen LogP) is 2.62. The molecular weight excluding hydrogens is 331 g/mol. The Labute approximate surface area is 129 Å². The Hall–Kier alpha value is -1.41. The van der Waals surface area contributed by atoms with Gasteiger partial charge in [-0.05, 0) is 17.7 Å². The zero-order valence-corrected chi connectivity index (χ0v) is 12.1. The van der Waals surface area contributed by atoms with Crippen LogP contribution >= 0.6 is 12.4 Å². The number of amides is 1. The van der Waals surface area contributed by atoms with Gasteiger partial charge in [-0.15, -0.1) is 12.4 Å². The lowest BCUT2D eigenvalue weighted by molar-refractivity contribution is -0.183. The summed E-state index contributed by atoms with van der Waals surface area (Å²) < 4.78 is 64.4. The van der Waals surface area contributed by atoms with Gasteiger partial charge in [-0.25, -0.2) is 13.2 Å². The number of nitrogens with zero attached hydrogens (tertiary/aromatic N) is 1. The topological polar surface area (TPSA) is 32.3 Å². The molecule has 0 spiro atoms. The van der Waals surface area contributed by atoms with Crippen LogP contribution in [-0.4, -0.2) is 42.8 Å². The van der Waals surface area contributed by atoms with Gasteiger partial charge in [-0.1, -0.05) is 12.1 Å². The Kier molecular flexibility index (Phi) is 6.13. The molecule has 1 aromatic rings. The van der Waals surface area contributed by atoms with Crippen LogP contribution in [0.5, 0.6) is 0 Å². The molecule has 1 unspecified atom stereocenters. The van der Waals surface area contributed by atoms with Gasteiger partial charge in [0.25, 0.3) is 5.91 Å². The highest BCUT2D eigenvalue weighted by Crippen LogP contribution is 2.31. The van der Waals surface area contributed by atoms with Crippen molar-refractivity contribution in [2.24, 2.45) is 0 Å². The van der Waals surface area contributed by atoms with Crippen molar-refractivity contribution < 1.29 is 26.7 Å². The molecule has 124 valence electrons. The van der Waals surface area contributed by atoms with Crippen molar-refractivity contribution in [3.63, 3.8) is 0 Å². The first-order valence-electron chi connectivity index (χ1n) is 6.27. The third kappa shape index (κ3) is 3.67. The fraction of sp³-hybridized carbons (Fsp3) is 0.462.